The molecule has 4 aromatic rings. The molecule has 3 aromatic carbocycles. The maximum atomic E-state index is 15.7. The van der Waals surface area contributed by atoms with Gasteiger partial charge in [-0.05, 0) is 61.2 Å². The number of hydrazine groups is 1. The molecule has 0 saturated carbocycles. The molecule has 0 bridgehead atoms. The summed E-state index contributed by atoms with van der Waals surface area (Å²) in [6, 6.07) is 17.5. The molecule has 0 spiro atoms. The molecule has 0 saturated heterocycles. The van der Waals surface area contributed by atoms with Crippen molar-refractivity contribution in [3.63, 3.8) is 0 Å². The summed E-state index contributed by atoms with van der Waals surface area (Å²) >= 11 is 0. The predicted molar refractivity (Wildman–Crippen MR) is 149 cm³/mol. The third kappa shape index (κ3) is 5.78. The number of hydrogen-bond donors (Lipinski definition) is 2. The van der Waals surface area contributed by atoms with Gasteiger partial charge in [0.1, 0.15) is 5.75 Å². The van der Waals surface area contributed by atoms with Gasteiger partial charge in [0.2, 0.25) is 5.84 Å². The van der Waals surface area contributed by atoms with Gasteiger partial charge in [0.15, 0.2) is 0 Å². The molecule has 0 amide bonds. The second-order valence-electron chi connectivity index (χ2n) is 8.85. The van der Waals surface area contributed by atoms with Crippen LogP contribution in [0.1, 0.15) is 47.4 Å². The quantitative estimate of drug-likeness (QED) is 0.139. The zero-order valence-electron chi connectivity index (χ0n) is 22.8. The van der Waals surface area contributed by atoms with E-state index in [1.807, 2.05) is 52.8 Å². The van der Waals surface area contributed by atoms with E-state index in [2.05, 4.69) is 10.2 Å². The van der Waals surface area contributed by atoms with Crippen LogP contribution in [0.3, 0.4) is 0 Å². The molecule has 4 N–H and O–H groups in total. The molecule has 0 atom stereocenters. The maximum absolute atomic E-state index is 15.7. The summed E-state index contributed by atoms with van der Waals surface area (Å²) in [5.74, 6) is 7.84. The van der Waals surface area contributed by atoms with Crippen molar-refractivity contribution in [2.75, 3.05) is 7.11 Å². The summed E-state index contributed by atoms with van der Waals surface area (Å²) in [4.78, 5) is 0. The molecule has 9 heteroatoms. The van der Waals surface area contributed by atoms with E-state index in [9.17, 15) is 0 Å². The number of amidine groups is 1. The Kier molecular flexibility index (Phi) is 9.06. The highest BCUT2D eigenvalue weighted by Crippen LogP contribution is 2.34. The Morgan fingerprint density at radius 1 is 1.03 bits per heavy atom. The molecule has 0 aliphatic carbocycles. The molecule has 0 aliphatic heterocycles. The van der Waals surface area contributed by atoms with Gasteiger partial charge in [-0.15, -0.1) is 0 Å². The largest absolute Gasteiger partial charge is 0.497 e. The van der Waals surface area contributed by atoms with E-state index in [0.717, 1.165) is 32.8 Å². The summed E-state index contributed by atoms with van der Waals surface area (Å²) in [5.41, 5.74) is 5.14. The summed E-state index contributed by atoms with van der Waals surface area (Å²) in [6.45, 7) is 10.4. The lowest BCUT2D eigenvalue weighted by molar-refractivity contribution is 0.0584. The van der Waals surface area contributed by atoms with E-state index >= 15 is 8.78 Å². The molecule has 0 radical (unpaired) electrons. The highest BCUT2D eigenvalue weighted by atomic mass is 19.3. The van der Waals surface area contributed by atoms with Crippen molar-refractivity contribution in [1.82, 2.24) is 14.8 Å². The average Bonchev–Trinajstić information content (AvgIpc) is 3.22. The minimum Gasteiger partial charge on any atom is -0.497 e. The van der Waals surface area contributed by atoms with Gasteiger partial charge in [-0.3, -0.25) is 9.69 Å². The van der Waals surface area contributed by atoms with E-state index < -0.39 is 11.8 Å². The average molecular weight is 523 g/mol. The monoisotopic (exact) mass is 522 g/mol. The standard InChI is InChI=1S/C27H30F2N6O.C2H6/c1-17-6-5-7-18(2)24(17)16-35-25-14-21(10-13-23(25)19(3)33-35)27(28,29)26(32-30)34(31)15-20-8-11-22(36-4)12-9-20;1-2/h5-14H,15-16,30-31H2,1-4H3;1-2H3/b32-26-;. The molecule has 38 heavy (non-hydrogen) atoms. The van der Waals surface area contributed by atoms with Gasteiger partial charge < -0.3 is 10.6 Å². The normalized spacial score (nSPS) is 11.8. The van der Waals surface area contributed by atoms with Crippen LogP contribution >= 0.6 is 0 Å². The zero-order chi connectivity index (χ0) is 28.0. The van der Waals surface area contributed by atoms with Crippen molar-refractivity contribution in [3.05, 3.63) is 94.2 Å². The topological polar surface area (TPSA) is 94.7 Å². The highest BCUT2D eigenvalue weighted by molar-refractivity contribution is 5.91. The molecule has 202 valence electrons. The number of aromatic nitrogens is 2. The summed E-state index contributed by atoms with van der Waals surface area (Å²) in [6.07, 6.45) is 0. The minimum atomic E-state index is -3.54. The fourth-order valence-electron chi connectivity index (χ4n) is 4.37. The smallest absolute Gasteiger partial charge is 0.332 e. The van der Waals surface area contributed by atoms with E-state index in [1.54, 1.807) is 42.1 Å². The number of ether oxygens (including phenoxy) is 1. The number of hydrogen-bond acceptors (Lipinski definition) is 5. The lowest BCUT2D eigenvalue weighted by Gasteiger charge is -2.26. The number of aryl methyl sites for hydroxylation is 3. The lowest BCUT2D eigenvalue weighted by Crippen LogP contribution is -2.46. The predicted octanol–water partition coefficient (Wildman–Crippen LogP) is 5.78. The number of benzene rings is 3. The Labute approximate surface area is 222 Å². The van der Waals surface area contributed by atoms with Crippen molar-refractivity contribution >= 4 is 16.7 Å². The van der Waals surface area contributed by atoms with Gasteiger partial charge in [-0.25, -0.2) is 5.84 Å². The first-order valence-electron chi connectivity index (χ1n) is 12.5. The molecule has 7 nitrogen and oxygen atoms in total. The molecule has 0 fully saturated rings. The molecule has 0 aliphatic rings. The second kappa shape index (κ2) is 12.0. The van der Waals surface area contributed by atoms with Gasteiger partial charge in [0.25, 0.3) is 0 Å². The fourth-order valence-corrected chi connectivity index (χ4v) is 4.37. The molecule has 1 heterocycles. The fraction of sp³-hybridized carbons (Fsp3) is 0.310. The summed E-state index contributed by atoms with van der Waals surface area (Å²) in [7, 11) is 1.55. The van der Waals surface area contributed by atoms with Crippen LogP contribution in [0.25, 0.3) is 10.9 Å². The molecule has 4 rings (SSSR count). The van der Waals surface area contributed by atoms with Gasteiger partial charge in [-0.1, -0.05) is 56.3 Å². The second-order valence-corrected chi connectivity index (χ2v) is 8.85. The number of halogens is 2. The van der Waals surface area contributed by atoms with Gasteiger partial charge in [0.05, 0.1) is 31.4 Å². The van der Waals surface area contributed by atoms with Crippen LogP contribution in [-0.4, -0.2) is 27.7 Å². The van der Waals surface area contributed by atoms with Crippen molar-refractivity contribution in [3.8, 4) is 5.75 Å². The number of methoxy groups -OCH3 is 1. The van der Waals surface area contributed by atoms with Crippen LogP contribution in [0.2, 0.25) is 0 Å². The molecular weight excluding hydrogens is 486 g/mol. The Hall–Kier alpha value is -3.98. The van der Waals surface area contributed by atoms with Crippen LogP contribution in [0.4, 0.5) is 8.78 Å². The van der Waals surface area contributed by atoms with E-state index in [4.69, 9.17) is 16.4 Å². The van der Waals surface area contributed by atoms with Crippen LogP contribution in [0, 0.1) is 20.8 Å². The number of alkyl halides is 2. The Morgan fingerprint density at radius 3 is 2.24 bits per heavy atom. The number of nitrogens with zero attached hydrogens (tertiary/aromatic N) is 4. The third-order valence-electron chi connectivity index (χ3n) is 6.44. The molecular formula is C29H36F2N6O. The van der Waals surface area contributed by atoms with Crippen molar-refractivity contribution in [2.24, 2.45) is 16.8 Å². The van der Waals surface area contributed by atoms with E-state index in [-0.39, 0.29) is 12.1 Å². The lowest BCUT2D eigenvalue weighted by atomic mass is 10.0. The van der Waals surface area contributed by atoms with Crippen LogP contribution in [-0.2, 0) is 19.0 Å². The number of fused-ring (bicyclic) bond motifs is 1. The van der Waals surface area contributed by atoms with E-state index in [0.29, 0.717) is 23.4 Å². The summed E-state index contributed by atoms with van der Waals surface area (Å²) < 4.78 is 38.4. The zero-order valence-corrected chi connectivity index (χ0v) is 22.8. The number of hydrazone groups is 1. The van der Waals surface area contributed by atoms with Crippen LogP contribution in [0.15, 0.2) is 65.8 Å². The molecule has 1 aromatic heterocycles. The highest BCUT2D eigenvalue weighted by Gasteiger charge is 2.42. The van der Waals surface area contributed by atoms with Gasteiger partial charge in [0, 0.05) is 10.9 Å². The first-order chi connectivity index (χ1) is 18.1. The van der Waals surface area contributed by atoms with Crippen LogP contribution < -0.4 is 16.4 Å². The van der Waals surface area contributed by atoms with Crippen molar-refractivity contribution < 1.29 is 13.5 Å². The Balaban J connectivity index is 0.00000195. The first-order valence-corrected chi connectivity index (χ1v) is 12.5. The first kappa shape index (κ1) is 28.6. The van der Waals surface area contributed by atoms with Crippen molar-refractivity contribution in [1.29, 1.82) is 0 Å². The maximum Gasteiger partial charge on any atom is 0.332 e. The number of rotatable bonds is 7. The third-order valence-corrected chi connectivity index (χ3v) is 6.44. The van der Waals surface area contributed by atoms with Crippen LogP contribution in [0.5, 0.6) is 5.75 Å². The Bertz CT molecular complexity index is 1390. The minimum absolute atomic E-state index is 0.0124. The SMILES string of the molecule is CC.COc1ccc(CN(N)/C(=N\N)C(F)(F)c2ccc3c(C)nn(Cc4c(C)cccc4C)c3c2)cc1. The van der Waals surface area contributed by atoms with Gasteiger partial charge in [-0.2, -0.15) is 19.0 Å². The van der Waals surface area contributed by atoms with Gasteiger partial charge >= 0.3 is 5.92 Å². The molecule has 0 unspecified atom stereocenters. The Morgan fingerprint density at radius 2 is 1.66 bits per heavy atom. The summed E-state index contributed by atoms with van der Waals surface area (Å²) in [5, 5.41) is 9.68. The number of nitrogens with two attached hydrogens (primary N) is 2. The van der Waals surface area contributed by atoms with Crippen molar-refractivity contribution in [2.45, 2.75) is 53.6 Å². The van der Waals surface area contributed by atoms with E-state index in [1.165, 1.54) is 12.1 Å².